The number of primary amides is 1. The molecule has 0 aliphatic rings. The van der Waals surface area contributed by atoms with Crippen molar-refractivity contribution in [2.45, 2.75) is 141 Å². The van der Waals surface area contributed by atoms with Gasteiger partial charge in [0.1, 0.15) is 0 Å². The summed E-state index contributed by atoms with van der Waals surface area (Å²) in [5.41, 5.74) is 5.29. The highest BCUT2D eigenvalue weighted by Crippen LogP contribution is 2.14. The molecule has 0 saturated heterocycles. The van der Waals surface area contributed by atoms with Crippen molar-refractivity contribution < 1.29 is 19.5 Å². The molecule has 1 unspecified atom stereocenters. The predicted molar refractivity (Wildman–Crippen MR) is 140 cm³/mol. The lowest BCUT2D eigenvalue weighted by Crippen LogP contribution is -2.39. The summed E-state index contributed by atoms with van der Waals surface area (Å²) in [6.45, 7) is 0.669. The number of carbonyl (C=O) groups excluding carboxylic acids is 2. The van der Waals surface area contributed by atoms with Crippen LogP contribution >= 0.6 is 0 Å². The second-order valence-corrected chi connectivity index (χ2v) is 9.64. The van der Waals surface area contributed by atoms with Crippen LogP contribution < -0.4 is 16.4 Å². The van der Waals surface area contributed by atoms with Gasteiger partial charge in [0, 0.05) is 19.4 Å². The Bertz CT molecular complexity index is 514. The van der Waals surface area contributed by atoms with Crippen LogP contribution in [0.1, 0.15) is 135 Å². The molecule has 0 saturated carbocycles. The van der Waals surface area contributed by atoms with Gasteiger partial charge in [0.25, 0.3) is 0 Å². The number of unbranched alkanes of at least 4 members (excludes halogenated alkanes) is 16. The zero-order valence-corrected chi connectivity index (χ0v) is 21.9. The summed E-state index contributed by atoms with van der Waals surface area (Å²) in [5.74, 6) is -0.859. The van der Waals surface area contributed by atoms with E-state index >= 15 is 0 Å². The molecular formula is C27H53N3O4. The predicted octanol–water partition coefficient (Wildman–Crippen LogP) is 5.45. The van der Waals surface area contributed by atoms with Crippen molar-refractivity contribution in [1.82, 2.24) is 10.6 Å². The number of nitrogens with two attached hydrogens (primary N) is 1. The first-order valence-corrected chi connectivity index (χ1v) is 13.9. The van der Waals surface area contributed by atoms with Gasteiger partial charge in [0.05, 0.1) is 6.04 Å². The van der Waals surface area contributed by atoms with Gasteiger partial charge in [-0.15, -0.1) is 0 Å². The Kier molecular flexibility index (Phi) is 23.3. The van der Waals surface area contributed by atoms with E-state index in [0.717, 1.165) is 38.5 Å². The fourth-order valence-electron chi connectivity index (χ4n) is 4.26. The van der Waals surface area contributed by atoms with Crippen LogP contribution in [0.4, 0.5) is 0 Å². The third kappa shape index (κ3) is 23.5. The Morgan fingerprint density at radius 1 is 0.647 bits per heavy atom. The Balaban J connectivity index is 3.24. The van der Waals surface area contributed by atoms with Crippen molar-refractivity contribution in [3.8, 4) is 0 Å². The number of rotatable bonds is 26. The lowest BCUT2D eigenvalue weighted by atomic mass is 10.0. The summed E-state index contributed by atoms with van der Waals surface area (Å²) < 4.78 is 0. The van der Waals surface area contributed by atoms with Gasteiger partial charge in [0.2, 0.25) is 11.8 Å². The van der Waals surface area contributed by atoms with E-state index in [2.05, 4.69) is 10.6 Å². The molecule has 0 aromatic heterocycles. The number of hydrogen-bond donors (Lipinski definition) is 4. The first kappa shape index (κ1) is 32.4. The van der Waals surface area contributed by atoms with E-state index in [-0.39, 0.29) is 17.9 Å². The lowest BCUT2D eigenvalue weighted by Gasteiger charge is -2.11. The molecule has 0 aliphatic carbocycles. The van der Waals surface area contributed by atoms with E-state index in [1.807, 2.05) is 0 Å². The number of aliphatic carboxylic acids is 1. The Morgan fingerprint density at radius 3 is 1.44 bits per heavy atom. The average Bonchev–Trinajstić information content (AvgIpc) is 2.80. The second kappa shape index (κ2) is 24.5. The van der Waals surface area contributed by atoms with E-state index < -0.39 is 5.97 Å². The van der Waals surface area contributed by atoms with Crippen LogP contribution in [0.3, 0.4) is 0 Å². The summed E-state index contributed by atoms with van der Waals surface area (Å²) >= 11 is 0. The molecule has 7 heteroatoms. The van der Waals surface area contributed by atoms with Gasteiger partial charge in [-0.2, -0.15) is 0 Å². The van der Waals surface area contributed by atoms with Crippen LogP contribution in [-0.4, -0.2) is 42.5 Å². The molecular weight excluding hydrogens is 430 g/mol. The van der Waals surface area contributed by atoms with Crippen LogP contribution in [-0.2, 0) is 14.4 Å². The molecule has 5 N–H and O–H groups in total. The summed E-state index contributed by atoms with van der Waals surface area (Å²) in [5, 5.41) is 14.5. The largest absolute Gasteiger partial charge is 0.481 e. The molecule has 0 heterocycles. The van der Waals surface area contributed by atoms with Crippen LogP contribution in [0, 0.1) is 0 Å². The molecule has 0 aromatic rings. The fraction of sp³-hybridized carbons (Fsp3) is 0.889. The van der Waals surface area contributed by atoms with Gasteiger partial charge in [-0.05, 0) is 39.2 Å². The van der Waals surface area contributed by atoms with Crippen LogP contribution in [0.25, 0.3) is 0 Å². The molecule has 0 aromatic carbocycles. The minimum atomic E-state index is -0.675. The zero-order chi connectivity index (χ0) is 25.3. The summed E-state index contributed by atoms with van der Waals surface area (Å²) in [7, 11) is 1.74. The van der Waals surface area contributed by atoms with Crippen molar-refractivity contribution in [2.24, 2.45) is 5.73 Å². The van der Waals surface area contributed by atoms with Crippen molar-refractivity contribution in [3.05, 3.63) is 0 Å². The maximum atomic E-state index is 11.9. The standard InChI is InChI=1S/C27H53N3O4/c1-29-24(27(28)34)20-18-19-23-30-25(31)21-16-14-12-10-8-6-4-2-3-5-7-9-11-13-15-17-22-26(32)33/h24,29H,2-23H2,1H3,(H2,28,34)(H,30,31)(H,32,33). The number of carbonyl (C=O) groups is 3. The molecule has 0 aliphatic heterocycles. The molecule has 0 rings (SSSR count). The molecule has 0 bridgehead atoms. The highest BCUT2D eigenvalue weighted by atomic mass is 16.4. The first-order valence-electron chi connectivity index (χ1n) is 13.9. The third-order valence-corrected chi connectivity index (χ3v) is 6.48. The van der Waals surface area contributed by atoms with Gasteiger partial charge in [-0.1, -0.05) is 89.9 Å². The zero-order valence-electron chi connectivity index (χ0n) is 21.9. The number of likely N-dealkylation sites (N-methyl/N-ethyl adjacent to an activating group) is 1. The SMILES string of the molecule is CNC(CCCCNC(=O)CCCCCCCCCCCCCCCCCCC(=O)O)C(N)=O. The minimum Gasteiger partial charge on any atom is -0.481 e. The Hall–Kier alpha value is -1.63. The maximum absolute atomic E-state index is 11.9. The smallest absolute Gasteiger partial charge is 0.303 e. The van der Waals surface area contributed by atoms with Crippen LogP contribution in [0.15, 0.2) is 0 Å². The molecule has 2 amide bonds. The van der Waals surface area contributed by atoms with E-state index in [0.29, 0.717) is 25.8 Å². The Morgan fingerprint density at radius 2 is 1.06 bits per heavy atom. The van der Waals surface area contributed by atoms with Gasteiger partial charge in [-0.25, -0.2) is 0 Å². The van der Waals surface area contributed by atoms with Gasteiger partial charge in [0.15, 0.2) is 0 Å². The minimum absolute atomic E-state index is 0.137. The topological polar surface area (TPSA) is 122 Å². The number of amides is 2. The van der Waals surface area contributed by atoms with Crippen LogP contribution in [0.2, 0.25) is 0 Å². The van der Waals surface area contributed by atoms with E-state index in [4.69, 9.17) is 10.8 Å². The molecule has 200 valence electrons. The highest BCUT2D eigenvalue weighted by molar-refractivity contribution is 5.79. The summed E-state index contributed by atoms with van der Waals surface area (Å²) in [6, 6.07) is -0.277. The maximum Gasteiger partial charge on any atom is 0.303 e. The molecule has 7 nitrogen and oxygen atoms in total. The average molecular weight is 484 g/mol. The summed E-state index contributed by atoms with van der Waals surface area (Å²) in [4.78, 5) is 33.4. The van der Waals surface area contributed by atoms with Crippen molar-refractivity contribution in [3.63, 3.8) is 0 Å². The first-order chi connectivity index (χ1) is 16.5. The van der Waals surface area contributed by atoms with Gasteiger partial charge >= 0.3 is 5.97 Å². The monoisotopic (exact) mass is 483 g/mol. The highest BCUT2D eigenvalue weighted by Gasteiger charge is 2.11. The van der Waals surface area contributed by atoms with Crippen LogP contribution in [0.5, 0.6) is 0 Å². The van der Waals surface area contributed by atoms with Gasteiger partial charge < -0.3 is 21.5 Å². The molecule has 0 radical (unpaired) electrons. The molecule has 0 spiro atoms. The number of hydrogen-bond acceptors (Lipinski definition) is 4. The number of nitrogens with one attached hydrogen (secondary N) is 2. The van der Waals surface area contributed by atoms with E-state index in [1.54, 1.807) is 7.05 Å². The van der Waals surface area contributed by atoms with Crippen molar-refractivity contribution in [2.75, 3.05) is 13.6 Å². The third-order valence-electron chi connectivity index (χ3n) is 6.48. The van der Waals surface area contributed by atoms with Gasteiger partial charge in [-0.3, -0.25) is 14.4 Å². The molecule has 34 heavy (non-hydrogen) atoms. The number of carboxylic acids is 1. The fourth-order valence-corrected chi connectivity index (χ4v) is 4.26. The summed E-state index contributed by atoms with van der Waals surface area (Å²) in [6.07, 6.45) is 22.9. The molecule has 0 fully saturated rings. The van der Waals surface area contributed by atoms with Crippen molar-refractivity contribution >= 4 is 17.8 Å². The molecule has 1 atom stereocenters. The quantitative estimate of drug-likeness (QED) is 0.122. The van der Waals surface area contributed by atoms with Crippen molar-refractivity contribution in [1.29, 1.82) is 0 Å². The Labute approximate surface area is 208 Å². The van der Waals surface area contributed by atoms with E-state index in [9.17, 15) is 14.4 Å². The lowest BCUT2D eigenvalue weighted by molar-refractivity contribution is -0.137. The van der Waals surface area contributed by atoms with E-state index in [1.165, 1.54) is 77.0 Å². The number of carboxylic acid groups (broad SMARTS) is 1. The normalized spacial score (nSPS) is 11.9. The second-order valence-electron chi connectivity index (χ2n) is 9.64.